The standard InChI is InChI=1S/C15H26ClN5O/c1-4-6-17-15(22)21-8-5-7-20(9-10-21)11-13-12(2)18-19(3)14(13)16/h4-11H2,1-3H3,(H,17,22). The smallest absolute Gasteiger partial charge is 0.317 e. The van der Waals surface area contributed by atoms with Crippen LogP contribution in [0.3, 0.4) is 0 Å². The van der Waals surface area contributed by atoms with Crippen LogP contribution < -0.4 is 5.32 Å². The number of hydrogen-bond donors (Lipinski definition) is 1. The number of amides is 2. The Kier molecular flexibility index (Phi) is 6.08. The molecule has 1 aliphatic heterocycles. The summed E-state index contributed by atoms with van der Waals surface area (Å²) in [5.41, 5.74) is 2.07. The summed E-state index contributed by atoms with van der Waals surface area (Å²) >= 11 is 6.31. The number of halogens is 1. The van der Waals surface area contributed by atoms with Gasteiger partial charge in [-0.25, -0.2) is 4.79 Å². The molecule has 6 nitrogen and oxygen atoms in total. The number of carbonyl (C=O) groups excluding carboxylic acids is 1. The molecule has 1 saturated heterocycles. The van der Waals surface area contributed by atoms with Gasteiger partial charge in [0.15, 0.2) is 0 Å². The van der Waals surface area contributed by atoms with Gasteiger partial charge < -0.3 is 10.2 Å². The summed E-state index contributed by atoms with van der Waals surface area (Å²) in [5.74, 6) is 0. The molecule has 0 atom stereocenters. The molecule has 22 heavy (non-hydrogen) atoms. The van der Waals surface area contributed by atoms with Crippen LogP contribution in [-0.2, 0) is 13.6 Å². The van der Waals surface area contributed by atoms with Gasteiger partial charge in [0.25, 0.3) is 0 Å². The number of aromatic nitrogens is 2. The highest BCUT2D eigenvalue weighted by Gasteiger charge is 2.21. The Morgan fingerprint density at radius 2 is 2.09 bits per heavy atom. The Morgan fingerprint density at radius 1 is 1.32 bits per heavy atom. The van der Waals surface area contributed by atoms with Gasteiger partial charge in [-0.15, -0.1) is 0 Å². The summed E-state index contributed by atoms with van der Waals surface area (Å²) in [6, 6.07) is 0.0549. The minimum atomic E-state index is 0.0549. The van der Waals surface area contributed by atoms with Crippen LogP contribution >= 0.6 is 11.6 Å². The Hall–Kier alpha value is -1.27. The van der Waals surface area contributed by atoms with E-state index in [-0.39, 0.29) is 6.03 Å². The average Bonchev–Trinajstić information content (AvgIpc) is 2.70. The van der Waals surface area contributed by atoms with Crippen molar-refractivity contribution in [2.45, 2.75) is 33.2 Å². The fourth-order valence-electron chi connectivity index (χ4n) is 2.75. The Morgan fingerprint density at radius 3 is 2.73 bits per heavy atom. The summed E-state index contributed by atoms with van der Waals surface area (Å²) in [4.78, 5) is 16.3. The van der Waals surface area contributed by atoms with E-state index >= 15 is 0 Å². The number of rotatable bonds is 4. The highest BCUT2D eigenvalue weighted by molar-refractivity contribution is 6.30. The Bertz CT molecular complexity index is 516. The molecule has 124 valence electrons. The predicted molar refractivity (Wildman–Crippen MR) is 88.1 cm³/mol. The second-order valence-corrected chi connectivity index (χ2v) is 6.19. The molecule has 0 aromatic carbocycles. The van der Waals surface area contributed by atoms with Crippen molar-refractivity contribution in [2.24, 2.45) is 7.05 Å². The van der Waals surface area contributed by atoms with Crippen LogP contribution in [0.4, 0.5) is 4.79 Å². The van der Waals surface area contributed by atoms with Crippen LogP contribution in [0.25, 0.3) is 0 Å². The zero-order valence-electron chi connectivity index (χ0n) is 13.7. The van der Waals surface area contributed by atoms with E-state index in [1.165, 1.54) is 0 Å². The number of aryl methyl sites for hydroxylation is 2. The number of nitrogens with one attached hydrogen (secondary N) is 1. The van der Waals surface area contributed by atoms with Gasteiger partial charge in [0.2, 0.25) is 0 Å². The molecule has 2 heterocycles. The Balaban J connectivity index is 1.91. The van der Waals surface area contributed by atoms with Gasteiger partial charge in [-0.3, -0.25) is 9.58 Å². The van der Waals surface area contributed by atoms with Crippen LogP contribution in [0.5, 0.6) is 0 Å². The van der Waals surface area contributed by atoms with E-state index in [1.54, 1.807) is 4.68 Å². The summed E-state index contributed by atoms with van der Waals surface area (Å²) in [6.45, 7) is 8.99. The van der Waals surface area contributed by atoms with Crippen LogP contribution in [0.15, 0.2) is 0 Å². The third-order valence-electron chi connectivity index (χ3n) is 4.05. The zero-order valence-corrected chi connectivity index (χ0v) is 14.5. The first-order chi connectivity index (χ1) is 10.5. The summed E-state index contributed by atoms with van der Waals surface area (Å²) in [6.07, 6.45) is 1.95. The quantitative estimate of drug-likeness (QED) is 0.920. The van der Waals surface area contributed by atoms with E-state index < -0.39 is 0 Å². The maximum atomic E-state index is 12.0. The second kappa shape index (κ2) is 7.83. The Labute approximate surface area is 137 Å². The third-order valence-corrected chi connectivity index (χ3v) is 4.53. The van der Waals surface area contributed by atoms with Crippen molar-refractivity contribution in [3.63, 3.8) is 0 Å². The summed E-state index contributed by atoms with van der Waals surface area (Å²) < 4.78 is 1.72. The van der Waals surface area contributed by atoms with E-state index in [0.29, 0.717) is 5.15 Å². The van der Waals surface area contributed by atoms with Crippen molar-refractivity contribution in [3.05, 3.63) is 16.4 Å². The molecule has 2 amide bonds. The molecular formula is C15H26ClN5O. The number of urea groups is 1. The average molecular weight is 328 g/mol. The van der Waals surface area contributed by atoms with Crippen LogP contribution in [0, 0.1) is 6.92 Å². The number of carbonyl (C=O) groups is 1. The largest absolute Gasteiger partial charge is 0.338 e. The van der Waals surface area contributed by atoms with Gasteiger partial charge in [0, 0.05) is 51.9 Å². The molecule has 7 heteroatoms. The van der Waals surface area contributed by atoms with Gasteiger partial charge in [-0.1, -0.05) is 18.5 Å². The summed E-state index contributed by atoms with van der Waals surface area (Å²) in [7, 11) is 1.86. The van der Waals surface area contributed by atoms with Crippen LogP contribution in [0.1, 0.15) is 31.0 Å². The molecule has 0 unspecified atom stereocenters. The maximum Gasteiger partial charge on any atom is 0.317 e. The van der Waals surface area contributed by atoms with E-state index in [1.807, 2.05) is 18.9 Å². The van der Waals surface area contributed by atoms with Crippen molar-refractivity contribution in [3.8, 4) is 0 Å². The molecule has 1 aromatic heterocycles. The van der Waals surface area contributed by atoms with Crippen molar-refractivity contribution >= 4 is 17.6 Å². The third kappa shape index (κ3) is 4.14. The monoisotopic (exact) mass is 327 g/mol. The van der Waals surface area contributed by atoms with Crippen molar-refractivity contribution in [2.75, 3.05) is 32.7 Å². The minimum absolute atomic E-state index is 0.0549. The molecule has 0 bridgehead atoms. The lowest BCUT2D eigenvalue weighted by molar-refractivity contribution is 0.197. The fraction of sp³-hybridized carbons (Fsp3) is 0.733. The van der Waals surface area contributed by atoms with E-state index in [4.69, 9.17) is 11.6 Å². The fourth-order valence-corrected chi connectivity index (χ4v) is 2.99. The van der Waals surface area contributed by atoms with Crippen molar-refractivity contribution < 1.29 is 4.79 Å². The van der Waals surface area contributed by atoms with E-state index in [0.717, 1.165) is 63.4 Å². The van der Waals surface area contributed by atoms with E-state index in [2.05, 4.69) is 22.2 Å². The molecule has 2 rings (SSSR count). The molecule has 1 fully saturated rings. The van der Waals surface area contributed by atoms with Gasteiger partial charge in [-0.05, 0) is 19.8 Å². The van der Waals surface area contributed by atoms with Crippen LogP contribution in [0.2, 0.25) is 5.15 Å². The molecule has 1 N–H and O–H groups in total. The zero-order chi connectivity index (χ0) is 16.1. The minimum Gasteiger partial charge on any atom is -0.338 e. The molecule has 0 saturated carbocycles. The normalized spacial score (nSPS) is 16.6. The highest BCUT2D eigenvalue weighted by Crippen LogP contribution is 2.21. The van der Waals surface area contributed by atoms with Crippen molar-refractivity contribution in [1.82, 2.24) is 24.9 Å². The van der Waals surface area contributed by atoms with Gasteiger partial charge in [0.1, 0.15) is 5.15 Å². The molecule has 0 aliphatic carbocycles. The summed E-state index contributed by atoms with van der Waals surface area (Å²) in [5, 5.41) is 8.02. The lowest BCUT2D eigenvalue weighted by Gasteiger charge is -2.22. The molecule has 0 spiro atoms. The maximum absolute atomic E-state index is 12.0. The first-order valence-corrected chi connectivity index (χ1v) is 8.33. The predicted octanol–water partition coefficient (Wildman–Crippen LogP) is 2.01. The van der Waals surface area contributed by atoms with Gasteiger partial charge in [-0.2, -0.15) is 5.10 Å². The van der Waals surface area contributed by atoms with Crippen molar-refractivity contribution in [1.29, 1.82) is 0 Å². The first kappa shape index (κ1) is 17.1. The lowest BCUT2D eigenvalue weighted by atomic mass is 10.2. The number of hydrogen-bond acceptors (Lipinski definition) is 3. The van der Waals surface area contributed by atoms with Gasteiger partial charge in [0.05, 0.1) is 5.69 Å². The molecule has 1 aliphatic rings. The molecule has 0 radical (unpaired) electrons. The molecule has 1 aromatic rings. The van der Waals surface area contributed by atoms with Gasteiger partial charge >= 0.3 is 6.03 Å². The van der Waals surface area contributed by atoms with E-state index in [9.17, 15) is 4.79 Å². The first-order valence-electron chi connectivity index (χ1n) is 7.96. The molecular weight excluding hydrogens is 302 g/mol. The lowest BCUT2D eigenvalue weighted by Crippen LogP contribution is -2.42. The highest BCUT2D eigenvalue weighted by atomic mass is 35.5. The second-order valence-electron chi connectivity index (χ2n) is 5.83. The topological polar surface area (TPSA) is 53.4 Å². The SMILES string of the molecule is CCCNC(=O)N1CCCN(Cc2c(C)nn(C)c2Cl)CC1. The number of nitrogens with zero attached hydrogens (tertiary/aromatic N) is 4. The van der Waals surface area contributed by atoms with Crippen LogP contribution in [-0.4, -0.2) is 58.3 Å².